The molecule has 6 heteroatoms. The van der Waals surface area contributed by atoms with Crippen LogP contribution in [0.5, 0.6) is 0 Å². The number of anilines is 1. The van der Waals surface area contributed by atoms with Crippen molar-refractivity contribution in [2.75, 3.05) is 5.32 Å². The average molecular weight is 266 g/mol. The maximum atomic E-state index is 13.3. The second kappa shape index (κ2) is 5.36. The zero-order valence-corrected chi connectivity index (χ0v) is 10.5. The van der Waals surface area contributed by atoms with Gasteiger partial charge in [0.15, 0.2) is 0 Å². The van der Waals surface area contributed by atoms with Crippen LogP contribution in [0.2, 0.25) is 0 Å². The van der Waals surface area contributed by atoms with E-state index in [9.17, 15) is 14.0 Å². The van der Waals surface area contributed by atoms with Crippen LogP contribution in [-0.2, 0) is 9.53 Å². The Bertz CT molecular complexity index is 519. The Morgan fingerprint density at radius 1 is 1.42 bits per heavy atom. The van der Waals surface area contributed by atoms with E-state index in [0.717, 1.165) is 12.5 Å². The second-order valence-electron chi connectivity index (χ2n) is 4.56. The fraction of sp³-hybridized carbons (Fsp3) is 0.385. The molecule has 0 spiro atoms. The number of hydrogen-bond donors (Lipinski definition) is 2. The fourth-order valence-corrected chi connectivity index (χ4v) is 2.01. The van der Waals surface area contributed by atoms with E-state index in [-0.39, 0.29) is 17.6 Å². The molecule has 0 aromatic heterocycles. The van der Waals surface area contributed by atoms with Gasteiger partial charge in [0, 0.05) is 5.69 Å². The lowest BCUT2D eigenvalue weighted by molar-refractivity contribution is -0.126. The van der Waals surface area contributed by atoms with Gasteiger partial charge in [0.1, 0.15) is 11.9 Å². The highest BCUT2D eigenvalue weighted by atomic mass is 19.1. The van der Waals surface area contributed by atoms with Crippen molar-refractivity contribution in [2.45, 2.75) is 32.0 Å². The van der Waals surface area contributed by atoms with E-state index in [4.69, 9.17) is 10.5 Å². The minimum Gasteiger partial charge on any atom is -0.366 e. The van der Waals surface area contributed by atoms with Crippen LogP contribution in [0.25, 0.3) is 0 Å². The van der Waals surface area contributed by atoms with Gasteiger partial charge in [-0.2, -0.15) is 0 Å². The van der Waals surface area contributed by atoms with E-state index < -0.39 is 17.8 Å². The van der Waals surface area contributed by atoms with Crippen LogP contribution in [0.15, 0.2) is 18.2 Å². The van der Waals surface area contributed by atoms with Gasteiger partial charge in [-0.3, -0.25) is 9.59 Å². The van der Waals surface area contributed by atoms with Gasteiger partial charge in [-0.25, -0.2) is 4.39 Å². The Hall–Kier alpha value is -1.95. The normalized spacial score (nSPS) is 22.2. The summed E-state index contributed by atoms with van der Waals surface area (Å²) in [7, 11) is 0. The van der Waals surface area contributed by atoms with Crippen molar-refractivity contribution in [3.63, 3.8) is 0 Å². The summed E-state index contributed by atoms with van der Waals surface area (Å²) in [6.45, 7) is 1.90. The van der Waals surface area contributed by atoms with Gasteiger partial charge in [0.25, 0.3) is 11.8 Å². The molecule has 1 aromatic rings. The van der Waals surface area contributed by atoms with Crippen molar-refractivity contribution in [2.24, 2.45) is 5.73 Å². The highest BCUT2D eigenvalue weighted by Gasteiger charge is 2.28. The van der Waals surface area contributed by atoms with Crippen molar-refractivity contribution in [1.29, 1.82) is 0 Å². The number of carbonyl (C=O) groups excluding carboxylic acids is 2. The summed E-state index contributed by atoms with van der Waals surface area (Å²) >= 11 is 0. The Kier molecular flexibility index (Phi) is 3.80. The molecule has 1 aliphatic rings. The van der Waals surface area contributed by atoms with Gasteiger partial charge in [-0.05, 0) is 38.0 Å². The van der Waals surface area contributed by atoms with Crippen molar-refractivity contribution in [3.8, 4) is 0 Å². The number of nitrogens with two attached hydrogens (primary N) is 1. The molecule has 0 saturated carbocycles. The average Bonchev–Trinajstić information content (AvgIpc) is 2.78. The van der Waals surface area contributed by atoms with E-state index in [1.807, 2.05) is 6.92 Å². The SMILES string of the molecule is CC1CCC(C(=O)Nc2ccc(F)c(C(N)=O)c2)O1. The standard InChI is InChI=1S/C13H15FN2O3/c1-7-2-5-11(19-7)13(18)16-8-3-4-10(14)9(6-8)12(15)17/h3-4,6-7,11H,2,5H2,1H3,(H2,15,17)(H,16,18). The van der Waals surface area contributed by atoms with Gasteiger partial charge < -0.3 is 15.8 Å². The van der Waals surface area contributed by atoms with E-state index in [2.05, 4.69) is 5.32 Å². The number of amides is 2. The summed E-state index contributed by atoms with van der Waals surface area (Å²) in [5.74, 6) is -1.89. The van der Waals surface area contributed by atoms with E-state index in [1.165, 1.54) is 12.1 Å². The number of hydrogen-bond acceptors (Lipinski definition) is 3. The number of ether oxygens (including phenoxy) is 1. The monoisotopic (exact) mass is 266 g/mol. The third-order valence-corrected chi connectivity index (χ3v) is 3.02. The molecule has 1 aliphatic heterocycles. The van der Waals surface area contributed by atoms with Crippen LogP contribution < -0.4 is 11.1 Å². The third-order valence-electron chi connectivity index (χ3n) is 3.02. The van der Waals surface area contributed by atoms with Crippen LogP contribution in [0.4, 0.5) is 10.1 Å². The third kappa shape index (κ3) is 3.08. The summed E-state index contributed by atoms with van der Waals surface area (Å²) in [6.07, 6.45) is 1.03. The maximum Gasteiger partial charge on any atom is 0.253 e. The summed E-state index contributed by atoms with van der Waals surface area (Å²) < 4.78 is 18.7. The number of rotatable bonds is 3. The molecule has 2 atom stereocenters. The number of nitrogens with one attached hydrogen (secondary N) is 1. The molecule has 102 valence electrons. The Labute approximate surface area is 109 Å². The predicted molar refractivity (Wildman–Crippen MR) is 67.1 cm³/mol. The van der Waals surface area contributed by atoms with Crippen molar-refractivity contribution >= 4 is 17.5 Å². The highest BCUT2D eigenvalue weighted by Crippen LogP contribution is 2.21. The number of primary amides is 1. The largest absolute Gasteiger partial charge is 0.366 e. The van der Waals surface area contributed by atoms with Gasteiger partial charge >= 0.3 is 0 Å². The molecule has 2 rings (SSSR count). The summed E-state index contributed by atoms with van der Waals surface area (Å²) in [5, 5.41) is 2.59. The maximum absolute atomic E-state index is 13.3. The molecule has 0 aliphatic carbocycles. The van der Waals surface area contributed by atoms with Crippen LogP contribution in [0.3, 0.4) is 0 Å². The minimum atomic E-state index is -0.876. The first-order valence-electron chi connectivity index (χ1n) is 6.03. The van der Waals surface area contributed by atoms with Crippen LogP contribution in [-0.4, -0.2) is 24.0 Å². The lowest BCUT2D eigenvalue weighted by Gasteiger charge is -2.12. The van der Waals surface area contributed by atoms with Crippen LogP contribution in [0, 0.1) is 5.82 Å². The summed E-state index contributed by atoms with van der Waals surface area (Å²) in [6, 6.07) is 3.68. The molecule has 2 amide bonds. The van der Waals surface area contributed by atoms with Crippen LogP contribution >= 0.6 is 0 Å². The van der Waals surface area contributed by atoms with Crippen molar-refractivity contribution in [3.05, 3.63) is 29.6 Å². The summed E-state index contributed by atoms with van der Waals surface area (Å²) in [4.78, 5) is 22.9. The van der Waals surface area contributed by atoms with E-state index >= 15 is 0 Å². The first-order chi connectivity index (χ1) is 8.97. The molecular weight excluding hydrogens is 251 g/mol. The Morgan fingerprint density at radius 2 is 2.16 bits per heavy atom. The van der Waals surface area contributed by atoms with Gasteiger partial charge in [0.05, 0.1) is 11.7 Å². The second-order valence-corrected chi connectivity index (χ2v) is 4.56. The molecule has 1 saturated heterocycles. The predicted octanol–water partition coefficient (Wildman–Crippen LogP) is 1.43. The highest BCUT2D eigenvalue weighted by molar-refractivity contribution is 5.97. The smallest absolute Gasteiger partial charge is 0.253 e. The molecule has 1 fully saturated rings. The van der Waals surface area contributed by atoms with E-state index in [0.29, 0.717) is 12.1 Å². The topological polar surface area (TPSA) is 81.4 Å². The van der Waals surface area contributed by atoms with Crippen molar-refractivity contribution < 1.29 is 18.7 Å². The van der Waals surface area contributed by atoms with Crippen LogP contribution in [0.1, 0.15) is 30.1 Å². The Morgan fingerprint density at radius 3 is 2.74 bits per heavy atom. The first-order valence-corrected chi connectivity index (χ1v) is 6.03. The molecule has 1 heterocycles. The Balaban J connectivity index is 2.09. The molecule has 5 nitrogen and oxygen atoms in total. The zero-order valence-electron chi connectivity index (χ0n) is 10.5. The zero-order chi connectivity index (χ0) is 14.0. The quantitative estimate of drug-likeness (QED) is 0.868. The minimum absolute atomic E-state index is 0.0603. The van der Waals surface area contributed by atoms with Gasteiger partial charge in [0.2, 0.25) is 0 Å². The molecule has 19 heavy (non-hydrogen) atoms. The lowest BCUT2D eigenvalue weighted by Crippen LogP contribution is -2.28. The number of halogens is 1. The van der Waals surface area contributed by atoms with E-state index in [1.54, 1.807) is 0 Å². The molecule has 1 aromatic carbocycles. The lowest BCUT2D eigenvalue weighted by atomic mass is 10.1. The molecule has 2 unspecified atom stereocenters. The number of benzene rings is 1. The molecule has 3 N–H and O–H groups in total. The number of carbonyl (C=O) groups is 2. The summed E-state index contributed by atoms with van der Waals surface area (Å²) in [5.41, 5.74) is 5.11. The fourth-order valence-electron chi connectivity index (χ4n) is 2.01. The molecular formula is C13H15FN2O3. The van der Waals surface area contributed by atoms with Gasteiger partial charge in [-0.1, -0.05) is 0 Å². The van der Waals surface area contributed by atoms with Gasteiger partial charge in [-0.15, -0.1) is 0 Å². The first kappa shape index (κ1) is 13.5. The molecule has 0 radical (unpaired) electrons. The van der Waals surface area contributed by atoms with Crippen molar-refractivity contribution in [1.82, 2.24) is 0 Å². The molecule has 0 bridgehead atoms.